The Morgan fingerprint density at radius 1 is 1.33 bits per heavy atom. The van der Waals surface area contributed by atoms with Crippen LogP contribution in [-0.4, -0.2) is 42.8 Å². The predicted molar refractivity (Wildman–Crippen MR) is 47.9 cm³/mol. The summed E-state index contributed by atoms with van der Waals surface area (Å²) in [4.78, 5) is 2.32. The summed E-state index contributed by atoms with van der Waals surface area (Å²) in [7, 11) is 1.64. The van der Waals surface area contributed by atoms with E-state index in [2.05, 4.69) is 11.9 Å². The van der Waals surface area contributed by atoms with Crippen molar-refractivity contribution in [3.8, 4) is 0 Å². The maximum absolute atomic E-state index is 9.28. The summed E-state index contributed by atoms with van der Waals surface area (Å²) in [6.07, 6.45) is 4.03. The van der Waals surface area contributed by atoms with Crippen LogP contribution in [0, 0.1) is 0 Å². The zero-order valence-electron chi connectivity index (χ0n) is 7.62. The van der Waals surface area contributed by atoms with Gasteiger partial charge in [0.25, 0.3) is 0 Å². The molecule has 0 aromatic carbocycles. The Morgan fingerprint density at radius 3 is 2.50 bits per heavy atom. The first kappa shape index (κ1) is 8.54. The third-order valence-electron chi connectivity index (χ3n) is 3.13. The van der Waals surface area contributed by atoms with Gasteiger partial charge in [-0.1, -0.05) is 0 Å². The monoisotopic (exact) mass is 169 g/mol. The number of hydrogen-bond acceptors (Lipinski definition) is 3. The SMILES string of the molecule is CN1CCC2(CCB(O)O2)CC1. The molecule has 0 aliphatic carbocycles. The van der Waals surface area contributed by atoms with Crippen LogP contribution in [0.1, 0.15) is 19.3 Å². The van der Waals surface area contributed by atoms with E-state index in [9.17, 15) is 5.02 Å². The summed E-state index contributed by atoms with van der Waals surface area (Å²) in [5.41, 5.74) is 0.0337. The highest BCUT2D eigenvalue weighted by Gasteiger charge is 2.43. The Labute approximate surface area is 73.8 Å². The minimum atomic E-state index is -0.492. The largest absolute Gasteiger partial charge is 0.454 e. The molecule has 4 heteroatoms. The van der Waals surface area contributed by atoms with Gasteiger partial charge in [0.05, 0.1) is 5.60 Å². The molecule has 0 atom stereocenters. The van der Waals surface area contributed by atoms with E-state index in [0.717, 1.165) is 38.7 Å². The molecular formula is C8H16BNO2. The third-order valence-corrected chi connectivity index (χ3v) is 3.13. The Hall–Kier alpha value is -0.0551. The maximum atomic E-state index is 9.28. The lowest BCUT2D eigenvalue weighted by atomic mass is 9.84. The minimum absolute atomic E-state index is 0.0337. The highest BCUT2D eigenvalue weighted by molar-refractivity contribution is 6.43. The van der Waals surface area contributed by atoms with Crippen LogP contribution in [0.2, 0.25) is 6.32 Å². The van der Waals surface area contributed by atoms with Crippen molar-refractivity contribution in [2.75, 3.05) is 20.1 Å². The van der Waals surface area contributed by atoms with Gasteiger partial charge in [-0.05, 0) is 32.6 Å². The van der Waals surface area contributed by atoms with Crippen LogP contribution >= 0.6 is 0 Å². The van der Waals surface area contributed by atoms with Crippen molar-refractivity contribution in [2.24, 2.45) is 0 Å². The van der Waals surface area contributed by atoms with E-state index in [1.807, 2.05) is 0 Å². The molecule has 3 nitrogen and oxygen atoms in total. The molecule has 1 N–H and O–H groups in total. The minimum Gasteiger partial charge on any atom is -0.427 e. The van der Waals surface area contributed by atoms with Crippen LogP contribution < -0.4 is 0 Å². The number of rotatable bonds is 0. The number of piperidine rings is 1. The van der Waals surface area contributed by atoms with Crippen LogP contribution in [0.3, 0.4) is 0 Å². The maximum Gasteiger partial charge on any atom is 0.454 e. The van der Waals surface area contributed by atoms with Crippen molar-refractivity contribution in [2.45, 2.75) is 31.2 Å². The van der Waals surface area contributed by atoms with Gasteiger partial charge in [0.2, 0.25) is 0 Å². The average Bonchev–Trinajstić information content (AvgIpc) is 2.40. The quantitative estimate of drug-likeness (QED) is 0.531. The van der Waals surface area contributed by atoms with E-state index in [4.69, 9.17) is 4.65 Å². The molecule has 2 rings (SSSR count). The van der Waals surface area contributed by atoms with Crippen LogP contribution in [0.25, 0.3) is 0 Å². The number of hydrogen-bond donors (Lipinski definition) is 1. The highest BCUT2D eigenvalue weighted by Crippen LogP contribution is 2.36. The predicted octanol–water partition coefficient (Wildman–Crippen LogP) is 0.352. The standard InChI is InChI=1S/C8H16BNO2/c1-10-6-3-8(4-7-10)2-5-9(11)12-8/h11H,2-7H2,1H3. The van der Waals surface area contributed by atoms with Gasteiger partial charge in [0.15, 0.2) is 0 Å². The van der Waals surface area contributed by atoms with Gasteiger partial charge in [-0.2, -0.15) is 0 Å². The summed E-state index contributed by atoms with van der Waals surface area (Å²) >= 11 is 0. The summed E-state index contributed by atoms with van der Waals surface area (Å²) < 4.78 is 5.57. The van der Waals surface area contributed by atoms with E-state index < -0.39 is 7.12 Å². The van der Waals surface area contributed by atoms with Gasteiger partial charge in [-0.25, -0.2) is 0 Å². The topological polar surface area (TPSA) is 32.7 Å². The van der Waals surface area contributed by atoms with Crippen molar-refractivity contribution < 1.29 is 9.68 Å². The second kappa shape index (κ2) is 3.02. The molecule has 2 aliphatic heterocycles. The Bertz CT molecular complexity index is 168. The van der Waals surface area contributed by atoms with Gasteiger partial charge < -0.3 is 14.6 Å². The van der Waals surface area contributed by atoms with Gasteiger partial charge in [0.1, 0.15) is 0 Å². The summed E-state index contributed by atoms with van der Waals surface area (Å²) in [5, 5.41) is 9.28. The molecule has 2 heterocycles. The molecule has 12 heavy (non-hydrogen) atoms. The van der Waals surface area contributed by atoms with Crippen LogP contribution in [0.15, 0.2) is 0 Å². The fourth-order valence-corrected chi connectivity index (χ4v) is 2.19. The van der Waals surface area contributed by atoms with E-state index >= 15 is 0 Å². The van der Waals surface area contributed by atoms with Gasteiger partial charge in [0, 0.05) is 13.1 Å². The van der Waals surface area contributed by atoms with Crippen LogP contribution in [-0.2, 0) is 4.65 Å². The van der Waals surface area contributed by atoms with Crippen LogP contribution in [0.5, 0.6) is 0 Å². The van der Waals surface area contributed by atoms with Gasteiger partial charge in [-0.15, -0.1) is 0 Å². The smallest absolute Gasteiger partial charge is 0.427 e. The van der Waals surface area contributed by atoms with E-state index in [0.29, 0.717) is 0 Å². The lowest BCUT2D eigenvalue weighted by molar-refractivity contribution is 0.0130. The zero-order valence-corrected chi connectivity index (χ0v) is 7.62. The van der Waals surface area contributed by atoms with Gasteiger partial charge in [-0.3, -0.25) is 0 Å². The van der Waals surface area contributed by atoms with Crippen molar-refractivity contribution in [3.63, 3.8) is 0 Å². The molecule has 2 saturated heterocycles. The molecule has 2 aliphatic rings. The molecule has 0 bridgehead atoms. The van der Waals surface area contributed by atoms with Crippen molar-refractivity contribution >= 4 is 7.12 Å². The normalized spacial score (nSPS) is 30.0. The lowest BCUT2D eigenvalue weighted by Gasteiger charge is -2.37. The Kier molecular flexibility index (Phi) is 2.15. The molecule has 0 aromatic heterocycles. The third kappa shape index (κ3) is 1.51. The van der Waals surface area contributed by atoms with Crippen molar-refractivity contribution in [3.05, 3.63) is 0 Å². The van der Waals surface area contributed by atoms with Crippen molar-refractivity contribution in [1.82, 2.24) is 4.90 Å². The van der Waals surface area contributed by atoms with E-state index in [1.54, 1.807) is 0 Å². The first-order valence-electron chi connectivity index (χ1n) is 4.75. The molecular weight excluding hydrogens is 153 g/mol. The summed E-state index contributed by atoms with van der Waals surface area (Å²) in [5.74, 6) is 0. The van der Waals surface area contributed by atoms with Crippen LogP contribution in [0.4, 0.5) is 0 Å². The fraction of sp³-hybridized carbons (Fsp3) is 1.00. The second-order valence-corrected chi connectivity index (χ2v) is 4.10. The lowest BCUT2D eigenvalue weighted by Crippen LogP contribution is -2.43. The summed E-state index contributed by atoms with van der Waals surface area (Å²) in [6, 6.07) is 0. The molecule has 0 saturated carbocycles. The van der Waals surface area contributed by atoms with E-state index in [-0.39, 0.29) is 5.60 Å². The van der Waals surface area contributed by atoms with Crippen molar-refractivity contribution in [1.29, 1.82) is 0 Å². The number of nitrogens with zero attached hydrogens (tertiary/aromatic N) is 1. The van der Waals surface area contributed by atoms with Gasteiger partial charge >= 0.3 is 7.12 Å². The van der Waals surface area contributed by atoms with E-state index in [1.165, 1.54) is 0 Å². The second-order valence-electron chi connectivity index (χ2n) is 4.10. The summed E-state index contributed by atoms with van der Waals surface area (Å²) in [6.45, 7) is 2.21. The zero-order chi connectivity index (χ0) is 8.60. The first-order chi connectivity index (χ1) is 5.70. The molecule has 0 radical (unpaired) electrons. The molecule has 2 fully saturated rings. The molecule has 0 amide bonds. The first-order valence-corrected chi connectivity index (χ1v) is 4.75. The molecule has 0 unspecified atom stereocenters. The average molecular weight is 169 g/mol. The highest BCUT2D eigenvalue weighted by atomic mass is 16.5. The fourth-order valence-electron chi connectivity index (χ4n) is 2.19. The molecule has 0 aromatic rings. The molecule has 68 valence electrons. The Balaban J connectivity index is 1.95. The Morgan fingerprint density at radius 2 is 2.00 bits per heavy atom. The molecule has 1 spiro atoms. The number of likely N-dealkylation sites (tertiary alicyclic amines) is 1.